The summed E-state index contributed by atoms with van der Waals surface area (Å²) in [5.41, 5.74) is 4.46. The normalized spacial score (nSPS) is 17.1. The average molecular weight is 437 g/mol. The van der Waals surface area contributed by atoms with Gasteiger partial charge in [0.2, 0.25) is 5.95 Å². The van der Waals surface area contributed by atoms with Crippen molar-refractivity contribution in [3.63, 3.8) is 0 Å². The molecule has 0 bridgehead atoms. The molecule has 9 nitrogen and oxygen atoms in total. The molecule has 0 saturated carbocycles. The molecule has 2 fully saturated rings. The van der Waals surface area contributed by atoms with Crippen LogP contribution in [0, 0.1) is 13.8 Å². The van der Waals surface area contributed by atoms with Crippen LogP contribution in [0.25, 0.3) is 10.9 Å². The van der Waals surface area contributed by atoms with Crippen LogP contribution < -0.4 is 15.1 Å². The number of fused-ring (bicyclic) bond motifs is 1. The first-order valence-corrected chi connectivity index (χ1v) is 11.0. The lowest BCUT2D eigenvalue weighted by Crippen LogP contribution is -2.40. The Balaban J connectivity index is 1.45. The molecule has 1 aromatic carbocycles. The van der Waals surface area contributed by atoms with Crippen molar-refractivity contribution in [2.45, 2.75) is 13.8 Å². The number of carbonyl (C=O) groups is 1. The number of morpholine rings is 2. The van der Waals surface area contributed by atoms with Crippen molar-refractivity contribution in [1.29, 1.82) is 0 Å². The van der Waals surface area contributed by atoms with Gasteiger partial charge in [-0.3, -0.25) is 4.79 Å². The minimum absolute atomic E-state index is 0.249. The second kappa shape index (κ2) is 8.76. The molecule has 2 saturated heterocycles. The molecule has 3 aromatic rings. The molecule has 0 radical (unpaired) electrons. The molecule has 32 heavy (non-hydrogen) atoms. The van der Waals surface area contributed by atoms with E-state index in [2.05, 4.69) is 38.9 Å². The highest BCUT2D eigenvalue weighted by atomic mass is 16.5. The van der Waals surface area contributed by atoms with Crippen LogP contribution >= 0.6 is 0 Å². The van der Waals surface area contributed by atoms with Gasteiger partial charge in [-0.1, -0.05) is 0 Å². The maximum absolute atomic E-state index is 13.2. The number of aryl methyl sites for hydroxylation is 2. The van der Waals surface area contributed by atoms with Gasteiger partial charge in [0.05, 0.1) is 26.4 Å². The van der Waals surface area contributed by atoms with Crippen LogP contribution in [0.15, 0.2) is 24.3 Å². The first-order chi connectivity index (χ1) is 15.6. The Labute approximate surface area is 186 Å². The second-order valence-corrected chi connectivity index (χ2v) is 8.20. The van der Waals surface area contributed by atoms with Gasteiger partial charge >= 0.3 is 0 Å². The molecular formula is C23H28N6O3. The van der Waals surface area contributed by atoms with Crippen molar-refractivity contribution < 1.29 is 14.3 Å². The molecule has 0 atom stereocenters. The maximum Gasteiger partial charge on any atom is 0.274 e. The molecule has 2 N–H and O–H groups in total. The average Bonchev–Trinajstić information content (AvgIpc) is 3.13. The molecule has 0 spiro atoms. The molecular weight excluding hydrogens is 408 g/mol. The summed E-state index contributed by atoms with van der Waals surface area (Å²) in [5, 5.41) is 4.12. The van der Waals surface area contributed by atoms with E-state index in [-0.39, 0.29) is 5.91 Å². The number of amides is 1. The van der Waals surface area contributed by atoms with Gasteiger partial charge in [0, 0.05) is 54.5 Å². The molecule has 2 aliphatic rings. The summed E-state index contributed by atoms with van der Waals surface area (Å²) in [5.74, 6) is 1.07. The fourth-order valence-corrected chi connectivity index (χ4v) is 4.13. The van der Waals surface area contributed by atoms with E-state index in [4.69, 9.17) is 14.5 Å². The number of benzene rings is 1. The smallest absolute Gasteiger partial charge is 0.274 e. The first kappa shape index (κ1) is 20.7. The van der Waals surface area contributed by atoms with Crippen molar-refractivity contribution in [3.05, 3.63) is 41.2 Å². The van der Waals surface area contributed by atoms with Gasteiger partial charge in [-0.15, -0.1) is 0 Å². The molecule has 9 heteroatoms. The van der Waals surface area contributed by atoms with E-state index >= 15 is 0 Å². The van der Waals surface area contributed by atoms with Gasteiger partial charge in [0.1, 0.15) is 11.5 Å². The number of hydrogen-bond acceptors (Lipinski definition) is 7. The van der Waals surface area contributed by atoms with Crippen molar-refractivity contribution in [1.82, 2.24) is 15.0 Å². The number of carbonyl (C=O) groups excluding carboxylic acids is 1. The number of hydrogen-bond donors (Lipinski definition) is 2. The summed E-state index contributed by atoms with van der Waals surface area (Å²) in [4.78, 5) is 30.2. The fourth-order valence-electron chi connectivity index (χ4n) is 4.13. The van der Waals surface area contributed by atoms with Crippen LogP contribution in [0.2, 0.25) is 0 Å². The zero-order valence-electron chi connectivity index (χ0n) is 18.5. The SMILES string of the molecule is Cc1[nH]c2ccc(NC(=O)c3cc(N4CCOCC4)nc(N4CCOCC4)n3)cc2c1C. The summed E-state index contributed by atoms with van der Waals surface area (Å²) in [7, 11) is 0. The molecule has 0 unspecified atom stereocenters. The van der Waals surface area contributed by atoms with Crippen molar-refractivity contribution >= 4 is 34.3 Å². The third-order valence-electron chi connectivity index (χ3n) is 6.13. The molecule has 2 aliphatic heterocycles. The highest BCUT2D eigenvalue weighted by Gasteiger charge is 2.22. The van der Waals surface area contributed by atoms with Gasteiger partial charge in [-0.2, -0.15) is 4.98 Å². The summed E-state index contributed by atoms with van der Waals surface area (Å²) >= 11 is 0. The van der Waals surface area contributed by atoms with Crippen molar-refractivity contribution in [2.24, 2.45) is 0 Å². The Morgan fingerprint density at radius 3 is 2.38 bits per heavy atom. The number of aromatic amines is 1. The summed E-state index contributed by atoms with van der Waals surface area (Å²) in [6.07, 6.45) is 0. The van der Waals surface area contributed by atoms with E-state index in [9.17, 15) is 4.79 Å². The number of nitrogens with one attached hydrogen (secondary N) is 2. The van der Waals surface area contributed by atoms with Gasteiger partial charge in [-0.25, -0.2) is 4.98 Å². The summed E-state index contributed by atoms with van der Waals surface area (Å²) < 4.78 is 10.9. The van der Waals surface area contributed by atoms with Gasteiger partial charge < -0.3 is 29.6 Å². The van der Waals surface area contributed by atoms with Crippen molar-refractivity contribution in [3.8, 4) is 0 Å². The van der Waals surface area contributed by atoms with Crippen LogP contribution in [0.4, 0.5) is 17.5 Å². The predicted octanol–water partition coefficient (Wildman–Crippen LogP) is 2.50. The Morgan fingerprint density at radius 1 is 0.969 bits per heavy atom. The standard InChI is InChI=1S/C23H28N6O3/c1-15-16(2)24-19-4-3-17(13-18(15)19)25-22(30)20-14-21(28-5-9-31-10-6-28)27-23(26-20)29-7-11-32-12-8-29/h3-4,13-14,24H,5-12H2,1-2H3,(H,25,30). The highest BCUT2D eigenvalue weighted by molar-refractivity contribution is 6.04. The monoisotopic (exact) mass is 436 g/mol. The quantitative estimate of drug-likeness (QED) is 0.649. The maximum atomic E-state index is 13.2. The van der Waals surface area contributed by atoms with Crippen LogP contribution in [-0.4, -0.2) is 73.5 Å². The highest BCUT2D eigenvalue weighted by Crippen LogP contribution is 2.25. The molecule has 1 amide bonds. The van der Waals surface area contributed by atoms with Gasteiger partial charge in [0.15, 0.2) is 0 Å². The fraction of sp³-hybridized carbons (Fsp3) is 0.435. The minimum atomic E-state index is -0.249. The summed E-state index contributed by atoms with van der Waals surface area (Å²) in [6.45, 7) is 9.56. The minimum Gasteiger partial charge on any atom is -0.378 e. The lowest BCUT2D eigenvalue weighted by atomic mass is 10.1. The number of nitrogens with zero attached hydrogens (tertiary/aromatic N) is 4. The van der Waals surface area contributed by atoms with Crippen molar-refractivity contribution in [2.75, 3.05) is 67.7 Å². The third-order valence-corrected chi connectivity index (χ3v) is 6.13. The Bertz CT molecular complexity index is 1100. The Kier molecular flexibility index (Phi) is 5.67. The van der Waals surface area contributed by atoms with Crippen LogP contribution in [0.5, 0.6) is 0 Å². The number of anilines is 3. The van der Waals surface area contributed by atoms with Crippen LogP contribution in [0.3, 0.4) is 0 Å². The molecule has 168 valence electrons. The van der Waals surface area contributed by atoms with Gasteiger partial charge in [0.25, 0.3) is 5.91 Å². The Morgan fingerprint density at radius 2 is 1.66 bits per heavy atom. The van der Waals surface area contributed by atoms with E-state index in [1.165, 1.54) is 5.56 Å². The van der Waals surface area contributed by atoms with Crippen LogP contribution in [0.1, 0.15) is 21.7 Å². The number of aromatic nitrogens is 3. The predicted molar refractivity (Wildman–Crippen MR) is 124 cm³/mol. The Hall–Kier alpha value is -3.17. The number of ether oxygens (including phenoxy) is 2. The van der Waals surface area contributed by atoms with E-state index in [1.807, 2.05) is 18.2 Å². The number of rotatable bonds is 4. The molecule has 2 aromatic heterocycles. The zero-order chi connectivity index (χ0) is 22.1. The largest absolute Gasteiger partial charge is 0.378 e. The topological polar surface area (TPSA) is 95.6 Å². The van der Waals surface area contributed by atoms with Crippen LogP contribution in [-0.2, 0) is 9.47 Å². The molecule has 5 rings (SSSR count). The first-order valence-electron chi connectivity index (χ1n) is 11.0. The molecule has 4 heterocycles. The number of H-pyrrole nitrogens is 1. The summed E-state index contributed by atoms with van der Waals surface area (Å²) in [6, 6.07) is 7.67. The van der Waals surface area contributed by atoms with E-state index < -0.39 is 0 Å². The lowest BCUT2D eigenvalue weighted by Gasteiger charge is -2.31. The second-order valence-electron chi connectivity index (χ2n) is 8.20. The lowest BCUT2D eigenvalue weighted by molar-refractivity contribution is 0.102. The third kappa shape index (κ3) is 4.13. The zero-order valence-corrected chi connectivity index (χ0v) is 18.5. The van der Waals surface area contributed by atoms with E-state index in [1.54, 1.807) is 6.07 Å². The molecule has 0 aliphatic carbocycles. The van der Waals surface area contributed by atoms with E-state index in [0.29, 0.717) is 51.2 Å². The van der Waals surface area contributed by atoms with Gasteiger partial charge in [-0.05, 0) is 37.6 Å². The van der Waals surface area contributed by atoms with E-state index in [0.717, 1.165) is 41.2 Å².